The third kappa shape index (κ3) is 2.68. The topological polar surface area (TPSA) is 89.9 Å². The summed E-state index contributed by atoms with van der Waals surface area (Å²) >= 11 is 0. The summed E-state index contributed by atoms with van der Waals surface area (Å²) in [6.07, 6.45) is 0.323. The molecule has 24 heavy (non-hydrogen) atoms. The number of anilines is 1. The first-order valence-electron chi connectivity index (χ1n) is 7.69. The summed E-state index contributed by atoms with van der Waals surface area (Å²) in [7, 11) is 0. The van der Waals surface area contributed by atoms with Gasteiger partial charge in [-0.2, -0.15) is 0 Å². The van der Waals surface area contributed by atoms with Gasteiger partial charge in [-0.15, -0.1) is 0 Å². The van der Waals surface area contributed by atoms with Gasteiger partial charge in [-0.3, -0.25) is 14.5 Å². The average molecular weight is 335 g/mol. The van der Waals surface area contributed by atoms with Crippen LogP contribution in [-0.4, -0.2) is 54.1 Å². The number of hydrogen-bond acceptors (Lipinski definition) is 3. The van der Waals surface area contributed by atoms with Crippen LogP contribution in [-0.2, 0) is 4.79 Å². The number of benzene rings is 1. The van der Waals surface area contributed by atoms with Crippen LogP contribution >= 0.6 is 0 Å². The van der Waals surface area contributed by atoms with Crippen molar-refractivity contribution in [2.24, 2.45) is 5.41 Å². The molecular formula is C16H18FN3O4. The number of rotatable bonds is 3. The summed E-state index contributed by atoms with van der Waals surface area (Å²) in [6.45, 7) is 2.80. The van der Waals surface area contributed by atoms with E-state index in [1.807, 2.05) is 0 Å². The maximum atomic E-state index is 14.1. The van der Waals surface area contributed by atoms with Crippen LogP contribution in [0, 0.1) is 11.2 Å². The molecule has 0 saturated carbocycles. The van der Waals surface area contributed by atoms with E-state index in [9.17, 15) is 23.9 Å². The number of carbonyl (C=O) groups excluding carboxylic acids is 2. The van der Waals surface area contributed by atoms with Crippen LogP contribution in [0.1, 0.15) is 23.7 Å². The number of likely N-dealkylation sites (tertiary alicyclic amines) is 1. The highest BCUT2D eigenvalue weighted by Gasteiger charge is 2.42. The van der Waals surface area contributed by atoms with E-state index in [2.05, 4.69) is 5.32 Å². The van der Waals surface area contributed by atoms with Gasteiger partial charge in [0.15, 0.2) is 0 Å². The van der Waals surface area contributed by atoms with Crippen LogP contribution in [0.25, 0.3) is 0 Å². The number of nitrogens with one attached hydrogen (secondary N) is 1. The molecule has 1 aromatic carbocycles. The minimum atomic E-state index is -1.02. The number of urea groups is 1. The Hall–Kier alpha value is -2.64. The van der Waals surface area contributed by atoms with E-state index in [4.69, 9.17) is 0 Å². The van der Waals surface area contributed by atoms with Crippen LogP contribution in [0.3, 0.4) is 0 Å². The Kier molecular flexibility index (Phi) is 3.90. The molecule has 2 aliphatic rings. The number of carboxylic acid groups (broad SMARTS) is 1. The largest absolute Gasteiger partial charge is 0.481 e. The summed E-state index contributed by atoms with van der Waals surface area (Å²) < 4.78 is 14.1. The Balaban J connectivity index is 1.85. The average Bonchev–Trinajstić information content (AvgIpc) is 3.14. The second-order valence-electron chi connectivity index (χ2n) is 6.39. The lowest BCUT2D eigenvalue weighted by Crippen LogP contribution is -2.35. The second kappa shape index (κ2) is 5.77. The Morgan fingerprint density at radius 1 is 1.33 bits per heavy atom. The Morgan fingerprint density at radius 2 is 2.08 bits per heavy atom. The van der Waals surface area contributed by atoms with Crippen LogP contribution in [0.5, 0.6) is 0 Å². The molecule has 1 atom stereocenters. The molecule has 0 unspecified atom stereocenters. The van der Waals surface area contributed by atoms with Crippen molar-refractivity contribution in [3.8, 4) is 0 Å². The van der Waals surface area contributed by atoms with Crippen molar-refractivity contribution >= 4 is 23.6 Å². The molecule has 7 nitrogen and oxygen atoms in total. The number of carbonyl (C=O) groups is 3. The summed E-state index contributed by atoms with van der Waals surface area (Å²) in [5.41, 5.74) is -0.727. The predicted molar refractivity (Wildman–Crippen MR) is 83.4 cm³/mol. The summed E-state index contributed by atoms with van der Waals surface area (Å²) in [4.78, 5) is 38.4. The third-order valence-corrected chi connectivity index (χ3v) is 4.63. The first kappa shape index (κ1) is 16.2. The Morgan fingerprint density at radius 3 is 2.67 bits per heavy atom. The minimum Gasteiger partial charge on any atom is -0.481 e. The molecule has 0 spiro atoms. The minimum absolute atomic E-state index is 0.0367. The van der Waals surface area contributed by atoms with Crippen molar-refractivity contribution in [2.75, 3.05) is 31.1 Å². The van der Waals surface area contributed by atoms with E-state index in [1.54, 1.807) is 6.92 Å². The van der Waals surface area contributed by atoms with E-state index in [1.165, 1.54) is 21.9 Å². The smallest absolute Gasteiger partial charge is 0.321 e. The lowest BCUT2D eigenvalue weighted by molar-refractivity contribution is -0.147. The van der Waals surface area contributed by atoms with Gasteiger partial charge in [0.1, 0.15) is 5.82 Å². The summed E-state index contributed by atoms with van der Waals surface area (Å²) in [6, 6.07) is 3.65. The van der Waals surface area contributed by atoms with Crippen molar-refractivity contribution in [2.45, 2.75) is 13.3 Å². The van der Waals surface area contributed by atoms with Crippen molar-refractivity contribution in [1.29, 1.82) is 0 Å². The van der Waals surface area contributed by atoms with Crippen LogP contribution in [0.15, 0.2) is 18.2 Å². The number of amides is 3. The molecule has 1 aromatic rings. The highest BCUT2D eigenvalue weighted by Crippen LogP contribution is 2.32. The van der Waals surface area contributed by atoms with Gasteiger partial charge in [-0.25, -0.2) is 9.18 Å². The SMILES string of the molecule is C[C@@]1(C(=O)O)CCN(C(=O)c2cc(N3CCNC3=O)ccc2F)C1. The predicted octanol–water partition coefficient (Wildman–Crippen LogP) is 1.29. The zero-order valence-corrected chi connectivity index (χ0v) is 13.2. The first-order chi connectivity index (χ1) is 11.3. The lowest BCUT2D eigenvalue weighted by Gasteiger charge is -2.21. The fraction of sp³-hybridized carbons (Fsp3) is 0.438. The molecule has 2 fully saturated rings. The molecule has 2 N–H and O–H groups in total. The van der Waals surface area contributed by atoms with Crippen molar-refractivity contribution in [1.82, 2.24) is 10.2 Å². The van der Waals surface area contributed by atoms with Crippen molar-refractivity contribution in [3.63, 3.8) is 0 Å². The standard InChI is InChI=1S/C16H18FN3O4/c1-16(14(22)23)4-6-19(9-16)13(21)11-8-10(2-3-12(11)17)20-7-5-18-15(20)24/h2-3,8H,4-7,9H2,1H3,(H,18,24)(H,22,23)/t16-/m1/s1. The third-order valence-electron chi connectivity index (χ3n) is 4.63. The first-order valence-corrected chi connectivity index (χ1v) is 7.69. The molecule has 0 aromatic heterocycles. The molecule has 2 heterocycles. The summed E-state index contributed by atoms with van der Waals surface area (Å²) in [5.74, 6) is -2.22. The second-order valence-corrected chi connectivity index (χ2v) is 6.39. The van der Waals surface area contributed by atoms with E-state index in [0.717, 1.165) is 6.07 Å². The van der Waals surface area contributed by atoms with Crippen LogP contribution in [0.2, 0.25) is 0 Å². The molecule has 3 rings (SSSR count). The van der Waals surface area contributed by atoms with E-state index in [0.29, 0.717) is 25.2 Å². The molecule has 128 valence electrons. The summed E-state index contributed by atoms with van der Waals surface area (Å²) in [5, 5.41) is 11.9. The molecule has 0 radical (unpaired) electrons. The molecule has 3 amide bonds. The van der Waals surface area contributed by atoms with Gasteiger partial charge in [0.25, 0.3) is 5.91 Å². The van der Waals surface area contributed by atoms with E-state index in [-0.39, 0.29) is 24.7 Å². The van der Waals surface area contributed by atoms with Gasteiger partial charge in [0, 0.05) is 31.9 Å². The molecule has 2 aliphatic heterocycles. The number of halogens is 1. The molecule has 0 bridgehead atoms. The van der Waals surface area contributed by atoms with Crippen LogP contribution in [0.4, 0.5) is 14.9 Å². The molecule has 0 aliphatic carbocycles. The van der Waals surface area contributed by atoms with Crippen molar-refractivity contribution < 1.29 is 23.9 Å². The number of aliphatic carboxylic acids is 1. The highest BCUT2D eigenvalue weighted by atomic mass is 19.1. The highest BCUT2D eigenvalue weighted by molar-refractivity contribution is 5.99. The van der Waals surface area contributed by atoms with Gasteiger partial charge < -0.3 is 15.3 Å². The monoisotopic (exact) mass is 335 g/mol. The van der Waals surface area contributed by atoms with Gasteiger partial charge in [-0.05, 0) is 31.5 Å². The maximum absolute atomic E-state index is 14.1. The zero-order valence-electron chi connectivity index (χ0n) is 13.2. The van der Waals surface area contributed by atoms with Gasteiger partial charge >= 0.3 is 12.0 Å². The fourth-order valence-corrected chi connectivity index (χ4v) is 3.04. The van der Waals surface area contributed by atoms with E-state index < -0.39 is 23.1 Å². The number of hydrogen-bond donors (Lipinski definition) is 2. The number of carboxylic acids is 1. The maximum Gasteiger partial charge on any atom is 0.321 e. The fourth-order valence-electron chi connectivity index (χ4n) is 3.04. The van der Waals surface area contributed by atoms with Crippen molar-refractivity contribution in [3.05, 3.63) is 29.6 Å². The van der Waals surface area contributed by atoms with Crippen LogP contribution < -0.4 is 10.2 Å². The lowest BCUT2D eigenvalue weighted by atomic mass is 9.90. The molecule has 2 saturated heterocycles. The zero-order chi connectivity index (χ0) is 17.5. The molecule has 8 heteroatoms. The number of nitrogens with zero attached hydrogens (tertiary/aromatic N) is 2. The van der Waals surface area contributed by atoms with Gasteiger partial charge in [-0.1, -0.05) is 0 Å². The molecular weight excluding hydrogens is 317 g/mol. The van der Waals surface area contributed by atoms with Gasteiger partial charge in [0.05, 0.1) is 11.0 Å². The Bertz CT molecular complexity index is 723. The quantitative estimate of drug-likeness (QED) is 0.871. The van der Waals surface area contributed by atoms with E-state index >= 15 is 0 Å². The van der Waals surface area contributed by atoms with Gasteiger partial charge in [0.2, 0.25) is 0 Å². The Labute approximate surface area is 138 Å². The normalized spacial score (nSPS) is 23.5.